The van der Waals surface area contributed by atoms with E-state index in [0.717, 1.165) is 24.0 Å². The van der Waals surface area contributed by atoms with Crippen LogP contribution in [0.3, 0.4) is 0 Å². The second-order valence-electron chi connectivity index (χ2n) is 4.83. The Kier molecular flexibility index (Phi) is 1.95. The molecule has 2 rings (SSSR count). The van der Waals surface area contributed by atoms with Crippen molar-refractivity contribution in [2.24, 2.45) is 5.73 Å². The molecule has 0 aromatic heterocycles. The molecule has 1 aliphatic carbocycles. The van der Waals surface area contributed by atoms with E-state index >= 15 is 0 Å². The van der Waals surface area contributed by atoms with Gasteiger partial charge in [0.25, 0.3) is 0 Å². The summed E-state index contributed by atoms with van der Waals surface area (Å²) in [5.74, 6) is 0. The van der Waals surface area contributed by atoms with E-state index in [9.17, 15) is 5.11 Å². The molecular weight excluding hydrogens is 174 g/mol. The molecule has 0 spiro atoms. The van der Waals surface area contributed by atoms with E-state index in [1.165, 1.54) is 0 Å². The van der Waals surface area contributed by atoms with Crippen molar-refractivity contribution in [2.75, 3.05) is 0 Å². The van der Waals surface area contributed by atoms with Crippen LogP contribution in [-0.2, 0) is 11.1 Å². The van der Waals surface area contributed by atoms with Crippen molar-refractivity contribution in [3.8, 4) is 0 Å². The first-order valence-corrected chi connectivity index (χ1v) is 5.04. The summed E-state index contributed by atoms with van der Waals surface area (Å²) in [5, 5.41) is 9.86. The van der Waals surface area contributed by atoms with Gasteiger partial charge in [0.1, 0.15) is 0 Å². The van der Waals surface area contributed by atoms with Crippen LogP contribution in [0.4, 0.5) is 0 Å². The first-order chi connectivity index (χ1) is 6.42. The zero-order chi connectivity index (χ0) is 10.4. The summed E-state index contributed by atoms with van der Waals surface area (Å²) in [6.07, 6.45) is 1.77. The minimum absolute atomic E-state index is 0.301. The summed E-state index contributed by atoms with van der Waals surface area (Å²) >= 11 is 0. The van der Waals surface area contributed by atoms with Crippen molar-refractivity contribution < 1.29 is 5.11 Å². The number of rotatable bonds is 2. The molecule has 0 heterocycles. The highest BCUT2D eigenvalue weighted by atomic mass is 16.3. The predicted octanol–water partition coefficient (Wildman–Crippen LogP) is 1.86. The van der Waals surface area contributed by atoms with E-state index in [2.05, 4.69) is 0 Å². The first-order valence-electron chi connectivity index (χ1n) is 5.04. The van der Waals surface area contributed by atoms with E-state index in [0.29, 0.717) is 0 Å². The van der Waals surface area contributed by atoms with Gasteiger partial charge in [0.05, 0.1) is 5.60 Å². The fourth-order valence-electron chi connectivity index (χ4n) is 1.62. The smallest absolute Gasteiger partial charge is 0.0899 e. The molecule has 0 aliphatic heterocycles. The topological polar surface area (TPSA) is 46.2 Å². The molecule has 76 valence electrons. The van der Waals surface area contributed by atoms with Gasteiger partial charge in [-0.1, -0.05) is 24.3 Å². The van der Waals surface area contributed by atoms with Gasteiger partial charge in [-0.15, -0.1) is 0 Å². The monoisotopic (exact) mass is 191 g/mol. The second-order valence-corrected chi connectivity index (χ2v) is 4.83. The third-order valence-corrected chi connectivity index (χ3v) is 2.89. The van der Waals surface area contributed by atoms with Crippen LogP contribution in [-0.4, -0.2) is 5.11 Å². The third-order valence-electron chi connectivity index (χ3n) is 2.89. The summed E-state index contributed by atoms with van der Waals surface area (Å²) < 4.78 is 0. The van der Waals surface area contributed by atoms with Gasteiger partial charge in [-0.3, -0.25) is 0 Å². The largest absolute Gasteiger partial charge is 0.385 e. The number of benzene rings is 1. The molecular formula is C12H17NO. The Hall–Kier alpha value is -0.860. The molecule has 1 aromatic carbocycles. The quantitative estimate of drug-likeness (QED) is 0.749. The maximum Gasteiger partial charge on any atom is 0.0899 e. The number of hydrogen-bond donors (Lipinski definition) is 2. The lowest BCUT2D eigenvalue weighted by molar-refractivity contribution is 0.151. The van der Waals surface area contributed by atoms with E-state index in [1.54, 1.807) is 0 Å². The molecule has 0 bridgehead atoms. The molecule has 0 unspecified atom stereocenters. The van der Waals surface area contributed by atoms with Crippen molar-refractivity contribution >= 4 is 0 Å². The van der Waals surface area contributed by atoms with Crippen LogP contribution in [0.5, 0.6) is 0 Å². The summed E-state index contributed by atoms with van der Waals surface area (Å²) in [5.41, 5.74) is 7.26. The molecule has 0 radical (unpaired) electrons. The van der Waals surface area contributed by atoms with Crippen molar-refractivity contribution in [2.45, 2.75) is 37.8 Å². The molecule has 0 amide bonds. The van der Waals surface area contributed by atoms with Crippen LogP contribution in [0.1, 0.15) is 37.8 Å². The summed E-state index contributed by atoms with van der Waals surface area (Å²) in [6.45, 7) is 3.96. The lowest BCUT2D eigenvalue weighted by Gasteiger charge is -2.20. The molecule has 1 saturated carbocycles. The van der Waals surface area contributed by atoms with Crippen molar-refractivity contribution in [1.82, 2.24) is 0 Å². The summed E-state index contributed by atoms with van der Waals surface area (Å²) in [6, 6.07) is 7.98. The average Bonchev–Trinajstić information content (AvgIpc) is 2.84. The van der Waals surface area contributed by atoms with Crippen molar-refractivity contribution in [1.29, 1.82) is 0 Å². The van der Waals surface area contributed by atoms with Crippen LogP contribution in [0.25, 0.3) is 0 Å². The third kappa shape index (κ3) is 1.68. The Labute approximate surface area is 84.7 Å². The van der Waals surface area contributed by atoms with Gasteiger partial charge >= 0.3 is 0 Å². The molecule has 1 aliphatic rings. The van der Waals surface area contributed by atoms with E-state index < -0.39 is 5.60 Å². The highest BCUT2D eigenvalue weighted by Gasteiger charge is 2.41. The Balaban J connectivity index is 2.27. The highest BCUT2D eigenvalue weighted by Crippen LogP contribution is 2.45. The fraction of sp³-hybridized carbons (Fsp3) is 0.500. The van der Waals surface area contributed by atoms with Gasteiger partial charge < -0.3 is 10.8 Å². The number of hydrogen-bond acceptors (Lipinski definition) is 2. The number of nitrogens with two attached hydrogens (primary N) is 1. The summed E-state index contributed by atoms with van der Waals surface area (Å²) in [7, 11) is 0. The van der Waals surface area contributed by atoms with E-state index in [-0.39, 0.29) is 5.54 Å². The fourth-order valence-corrected chi connectivity index (χ4v) is 1.62. The maximum absolute atomic E-state index is 9.86. The van der Waals surface area contributed by atoms with Crippen molar-refractivity contribution in [3.63, 3.8) is 0 Å². The van der Waals surface area contributed by atoms with Crippen LogP contribution in [0, 0.1) is 0 Å². The van der Waals surface area contributed by atoms with Gasteiger partial charge in [-0.05, 0) is 37.8 Å². The summed E-state index contributed by atoms with van der Waals surface area (Å²) in [4.78, 5) is 0. The zero-order valence-corrected chi connectivity index (χ0v) is 8.75. The molecule has 1 aromatic rings. The van der Waals surface area contributed by atoms with Crippen LogP contribution < -0.4 is 5.73 Å². The minimum Gasteiger partial charge on any atom is -0.385 e. The van der Waals surface area contributed by atoms with Crippen LogP contribution >= 0.6 is 0 Å². The van der Waals surface area contributed by atoms with Crippen LogP contribution in [0.2, 0.25) is 0 Å². The minimum atomic E-state index is -0.530. The van der Waals surface area contributed by atoms with Gasteiger partial charge in [0.15, 0.2) is 0 Å². The molecule has 2 heteroatoms. The van der Waals surface area contributed by atoms with Gasteiger partial charge in [0.2, 0.25) is 0 Å². The normalized spacial score (nSPS) is 19.4. The predicted molar refractivity (Wildman–Crippen MR) is 56.8 cm³/mol. The Morgan fingerprint density at radius 3 is 2.07 bits per heavy atom. The number of aliphatic hydroxyl groups is 1. The maximum atomic E-state index is 9.86. The van der Waals surface area contributed by atoms with Gasteiger partial charge in [0, 0.05) is 5.54 Å². The molecule has 0 saturated heterocycles. The molecule has 3 N–H and O–H groups in total. The molecule has 2 nitrogen and oxygen atoms in total. The van der Waals surface area contributed by atoms with E-state index in [4.69, 9.17) is 5.73 Å². The lowest BCUT2D eigenvalue weighted by atomic mass is 9.93. The molecule has 14 heavy (non-hydrogen) atoms. The molecule has 1 fully saturated rings. The first kappa shape index (κ1) is 9.69. The van der Waals surface area contributed by atoms with Gasteiger partial charge in [-0.25, -0.2) is 0 Å². The Bertz CT molecular complexity index is 306. The van der Waals surface area contributed by atoms with E-state index in [1.807, 2.05) is 38.1 Å². The van der Waals surface area contributed by atoms with Crippen molar-refractivity contribution in [3.05, 3.63) is 35.4 Å². The lowest BCUT2D eigenvalue weighted by Crippen LogP contribution is -2.28. The SMILES string of the molecule is CC(C)(N)c1ccc(C2(O)CC2)cc1. The second kappa shape index (κ2) is 2.81. The Morgan fingerprint density at radius 1 is 1.21 bits per heavy atom. The van der Waals surface area contributed by atoms with Crippen LogP contribution in [0.15, 0.2) is 24.3 Å². The highest BCUT2D eigenvalue weighted by molar-refractivity contribution is 5.33. The zero-order valence-electron chi connectivity index (χ0n) is 8.75. The van der Waals surface area contributed by atoms with Gasteiger partial charge in [-0.2, -0.15) is 0 Å². The molecule has 0 atom stereocenters. The standard InChI is InChI=1S/C12H17NO/c1-11(2,13)9-3-5-10(6-4-9)12(14)7-8-12/h3-6,14H,7-8,13H2,1-2H3. The average molecular weight is 191 g/mol. The Morgan fingerprint density at radius 2 is 1.71 bits per heavy atom.